The molecule has 1 aliphatic heterocycles. The van der Waals surface area contributed by atoms with Gasteiger partial charge in [-0.1, -0.05) is 121 Å². The molecule has 6 aromatic rings. The summed E-state index contributed by atoms with van der Waals surface area (Å²) in [7, 11) is 0. The zero-order valence-corrected chi connectivity index (χ0v) is 28.7. The first kappa shape index (κ1) is 32.4. The first-order valence-electron chi connectivity index (χ1n) is 17.8. The predicted octanol–water partition coefficient (Wildman–Crippen LogP) is 11.0. The van der Waals surface area contributed by atoms with E-state index in [0.717, 1.165) is 51.2 Å². The Kier molecular flexibility index (Phi) is 8.48. The van der Waals surface area contributed by atoms with Crippen LogP contribution in [0.2, 0.25) is 0 Å². The van der Waals surface area contributed by atoms with Crippen molar-refractivity contribution in [3.8, 4) is 33.5 Å². The molecule has 3 atom stereocenters. The second kappa shape index (κ2) is 13.9. The largest absolute Gasteiger partial charge is 0.317 e. The molecule has 0 radical (unpaired) electrons. The summed E-state index contributed by atoms with van der Waals surface area (Å²) in [6.45, 7) is 0. The van der Waals surface area contributed by atoms with E-state index in [9.17, 15) is 0 Å². The number of aliphatic imine (C=N–C) groups is 1. The van der Waals surface area contributed by atoms with E-state index in [1.165, 1.54) is 12.1 Å². The van der Waals surface area contributed by atoms with Gasteiger partial charge in [-0.15, -0.1) is 0 Å². The minimum absolute atomic E-state index is 0.0649. The van der Waals surface area contributed by atoms with Crippen LogP contribution in [-0.4, -0.2) is 27.9 Å². The van der Waals surface area contributed by atoms with Crippen molar-refractivity contribution in [1.29, 1.82) is 0 Å². The summed E-state index contributed by atoms with van der Waals surface area (Å²) < 4.78 is 33.6. The van der Waals surface area contributed by atoms with Gasteiger partial charge in [0.2, 0.25) is 0 Å². The molecule has 3 heterocycles. The summed E-state index contributed by atoms with van der Waals surface area (Å²) in [4.78, 5) is 16.0. The molecule has 3 aliphatic rings. The lowest BCUT2D eigenvalue weighted by Crippen LogP contribution is -2.39. The lowest BCUT2D eigenvalue weighted by Gasteiger charge is -2.29. The third-order valence-corrected chi connectivity index (χ3v) is 10.2. The van der Waals surface area contributed by atoms with Crippen molar-refractivity contribution >= 4 is 17.1 Å². The molecule has 9 rings (SSSR count). The molecule has 0 N–H and O–H groups in total. The number of allylic oxidation sites excluding steroid dienone is 6. The van der Waals surface area contributed by atoms with Gasteiger partial charge in [0.05, 0.1) is 23.3 Å². The van der Waals surface area contributed by atoms with Crippen molar-refractivity contribution < 1.29 is 8.78 Å². The minimum atomic E-state index is -0.637. The molecule has 6 heteroatoms. The van der Waals surface area contributed by atoms with E-state index in [2.05, 4.69) is 22.1 Å². The molecule has 3 unspecified atom stereocenters. The highest BCUT2D eigenvalue weighted by Crippen LogP contribution is 2.41. The van der Waals surface area contributed by atoms with E-state index in [1.807, 2.05) is 144 Å². The average molecular weight is 693 g/mol. The maximum atomic E-state index is 16.8. The standard InChI is InChI=1S/C47H34F2N4/c48-40-29-37(53-45-15-5-4-14-44(45)52-47(53)35-10-2-1-3-11-35)30-41(49)46(40)39-28-36(31-16-20-33(21-17-31)42-12-6-8-26-50-42)24-25-38(39)32-18-22-34(23-19-32)43-13-7-9-27-51-43/h1-22,24-30,34,44-45H,23H2. The highest BCUT2D eigenvalue weighted by molar-refractivity contribution is 6.12. The number of fused-ring (bicyclic) bond motifs is 1. The van der Waals surface area contributed by atoms with E-state index < -0.39 is 11.6 Å². The lowest BCUT2D eigenvalue weighted by atomic mass is 9.86. The van der Waals surface area contributed by atoms with Crippen molar-refractivity contribution in [2.24, 2.45) is 4.99 Å². The van der Waals surface area contributed by atoms with Crippen LogP contribution in [0.1, 0.15) is 29.2 Å². The minimum Gasteiger partial charge on any atom is -0.317 e. The molecule has 0 bridgehead atoms. The number of halogens is 2. The fourth-order valence-electron chi connectivity index (χ4n) is 7.52. The molecule has 0 spiro atoms. The monoisotopic (exact) mass is 692 g/mol. The first-order chi connectivity index (χ1) is 26.1. The second-order valence-corrected chi connectivity index (χ2v) is 13.4. The topological polar surface area (TPSA) is 41.4 Å². The summed E-state index contributed by atoms with van der Waals surface area (Å²) in [6, 6.07) is 38.1. The number of nitrogens with zero attached hydrogens (tertiary/aromatic N) is 4. The Morgan fingerprint density at radius 2 is 1.32 bits per heavy atom. The van der Waals surface area contributed by atoms with Gasteiger partial charge in [0.1, 0.15) is 17.5 Å². The number of rotatable bonds is 7. The Hall–Kier alpha value is -6.53. The normalized spacial score (nSPS) is 18.8. The van der Waals surface area contributed by atoms with Gasteiger partial charge >= 0.3 is 0 Å². The molecule has 2 aromatic heterocycles. The summed E-state index contributed by atoms with van der Waals surface area (Å²) in [5.74, 6) is -0.467. The molecule has 4 aromatic carbocycles. The van der Waals surface area contributed by atoms with Crippen molar-refractivity contribution in [3.63, 3.8) is 0 Å². The van der Waals surface area contributed by atoms with Crippen LogP contribution in [0.3, 0.4) is 0 Å². The van der Waals surface area contributed by atoms with E-state index in [0.29, 0.717) is 17.1 Å². The van der Waals surface area contributed by atoms with Crippen molar-refractivity contribution in [2.75, 3.05) is 4.90 Å². The Morgan fingerprint density at radius 3 is 2.04 bits per heavy atom. The van der Waals surface area contributed by atoms with E-state index >= 15 is 8.78 Å². The van der Waals surface area contributed by atoms with Crippen molar-refractivity contribution in [1.82, 2.24) is 9.97 Å². The Morgan fingerprint density at radius 1 is 0.604 bits per heavy atom. The summed E-state index contributed by atoms with van der Waals surface area (Å²) >= 11 is 0. The van der Waals surface area contributed by atoms with E-state index in [-0.39, 0.29) is 23.6 Å². The highest BCUT2D eigenvalue weighted by atomic mass is 19.1. The summed E-state index contributed by atoms with van der Waals surface area (Å²) in [5, 5.41) is 0. The van der Waals surface area contributed by atoms with Crippen LogP contribution in [0.15, 0.2) is 181 Å². The molecular weight excluding hydrogens is 659 g/mol. The molecule has 2 aliphatic carbocycles. The third-order valence-electron chi connectivity index (χ3n) is 10.2. The van der Waals surface area contributed by atoms with Gasteiger partial charge < -0.3 is 4.90 Å². The maximum absolute atomic E-state index is 16.8. The van der Waals surface area contributed by atoms with E-state index in [1.54, 1.807) is 12.4 Å². The highest BCUT2D eigenvalue weighted by Gasteiger charge is 2.36. The van der Waals surface area contributed by atoms with Crippen LogP contribution >= 0.6 is 0 Å². The zero-order chi connectivity index (χ0) is 35.7. The molecule has 0 saturated carbocycles. The van der Waals surface area contributed by atoms with Gasteiger partial charge in [0.15, 0.2) is 0 Å². The number of benzene rings is 4. The number of anilines is 1. The number of amidine groups is 1. The quantitative estimate of drug-likeness (QED) is 0.167. The van der Waals surface area contributed by atoms with Crippen LogP contribution in [0.5, 0.6) is 0 Å². The second-order valence-electron chi connectivity index (χ2n) is 13.4. The number of aromatic nitrogens is 2. The third kappa shape index (κ3) is 6.23. The van der Waals surface area contributed by atoms with Gasteiger partial charge in [-0.05, 0) is 76.7 Å². The molecule has 53 heavy (non-hydrogen) atoms. The lowest BCUT2D eigenvalue weighted by molar-refractivity contribution is 0.588. The average Bonchev–Trinajstić information content (AvgIpc) is 3.62. The SMILES string of the molecule is Fc1cc(N2C(c3ccccc3)=NC3C=CC=CC32)cc(F)c1-c1cc(-c2ccc(-c3ccccn3)cc2)ccc1C1=CCC(c2ccccn2)C=C1. The van der Waals surface area contributed by atoms with E-state index in [4.69, 9.17) is 4.99 Å². The Labute approximate surface area is 307 Å². The van der Waals surface area contributed by atoms with Crippen LogP contribution in [0, 0.1) is 11.6 Å². The van der Waals surface area contributed by atoms with Gasteiger partial charge in [-0.3, -0.25) is 15.0 Å². The Bertz CT molecular complexity index is 2430. The fourth-order valence-corrected chi connectivity index (χ4v) is 7.52. The first-order valence-corrected chi connectivity index (χ1v) is 17.8. The molecule has 256 valence electrons. The molecular formula is C47H34F2N4. The smallest absolute Gasteiger partial charge is 0.136 e. The molecule has 0 amide bonds. The van der Waals surface area contributed by atoms with Crippen LogP contribution in [0.4, 0.5) is 14.5 Å². The van der Waals surface area contributed by atoms with Crippen LogP contribution < -0.4 is 4.90 Å². The fraction of sp³-hybridized carbons (Fsp3) is 0.0851. The predicted molar refractivity (Wildman–Crippen MR) is 210 cm³/mol. The van der Waals surface area contributed by atoms with Gasteiger partial charge in [-0.2, -0.15) is 0 Å². The Balaban J connectivity index is 1.13. The molecule has 4 nitrogen and oxygen atoms in total. The van der Waals surface area contributed by atoms with Crippen LogP contribution in [-0.2, 0) is 0 Å². The zero-order valence-electron chi connectivity index (χ0n) is 28.7. The van der Waals surface area contributed by atoms with Gasteiger partial charge in [-0.25, -0.2) is 8.78 Å². The van der Waals surface area contributed by atoms with Crippen LogP contribution in [0.25, 0.3) is 39.1 Å². The molecule has 0 fully saturated rings. The number of pyridine rings is 2. The number of hydrogen-bond donors (Lipinski definition) is 0. The van der Waals surface area contributed by atoms with Gasteiger partial charge in [0.25, 0.3) is 0 Å². The van der Waals surface area contributed by atoms with Crippen molar-refractivity contribution in [3.05, 3.63) is 205 Å². The van der Waals surface area contributed by atoms with Crippen molar-refractivity contribution in [2.45, 2.75) is 24.4 Å². The van der Waals surface area contributed by atoms with Gasteiger partial charge in [0, 0.05) is 40.8 Å². The number of hydrogen-bond acceptors (Lipinski definition) is 4. The summed E-state index contributed by atoms with van der Waals surface area (Å²) in [6.07, 6.45) is 18.6. The maximum Gasteiger partial charge on any atom is 0.136 e. The summed E-state index contributed by atoms with van der Waals surface area (Å²) in [5.41, 5.74) is 8.03. The molecule has 0 saturated heterocycles.